The van der Waals surface area contributed by atoms with Gasteiger partial charge < -0.3 is 0 Å². The van der Waals surface area contributed by atoms with Gasteiger partial charge in [-0.3, -0.25) is 0 Å². The van der Waals surface area contributed by atoms with Crippen molar-refractivity contribution in [3.05, 3.63) is 0 Å². The second-order valence-electron chi connectivity index (χ2n) is 8.30. The van der Waals surface area contributed by atoms with Crippen molar-refractivity contribution >= 4 is 18.4 Å². The van der Waals surface area contributed by atoms with Crippen LogP contribution in [0.5, 0.6) is 0 Å². The Balaban J connectivity index is 4.64. The van der Waals surface area contributed by atoms with Gasteiger partial charge in [0.05, 0.1) is 0 Å². The fourth-order valence-corrected chi connectivity index (χ4v) is 17.3. The molecule has 0 fully saturated rings. The minimum absolute atomic E-state index is 0.147. The molecule has 134 valence electrons. The van der Waals surface area contributed by atoms with E-state index in [0.29, 0.717) is 0 Å². The summed E-state index contributed by atoms with van der Waals surface area (Å²) < 4.78 is 11.9. The first kappa shape index (κ1) is 22.7. The van der Waals surface area contributed by atoms with E-state index in [9.17, 15) is 0 Å². The van der Waals surface area contributed by atoms with Crippen molar-refractivity contribution in [2.75, 3.05) is 11.2 Å². The molecule has 0 aliphatic rings. The van der Waals surface area contributed by atoms with Crippen molar-refractivity contribution in [3.63, 3.8) is 0 Å². The van der Waals surface area contributed by atoms with Gasteiger partial charge in [0.25, 0.3) is 0 Å². The number of hydrogen-bond donors (Lipinski definition) is 1. The van der Waals surface area contributed by atoms with Crippen LogP contribution in [-0.2, 0) is 4.74 Å². The molecule has 0 amide bonds. The summed E-state index contributed by atoms with van der Waals surface area (Å²) in [6, 6.07) is 0.153. The molecular formula is C19H43NOSn. The number of ether oxygens (including phenoxy) is 1. The van der Waals surface area contributed by atoms with Crippen LogP contribution in [0.25, 0.3) is 0 Å². The molecule has 1 atom stereocenters. The summed E-state index contributed by atoms with van der Waals surface area (Å²) in [5, 5.41) is 0. The summed E-state index contributed by atoms with van der Waals surface area (Å²) in [5.74, 6) is 0. The summed E-state index contributed by atoms with van der Waals surface area (Å²) in [7, 11) is 0. The van der Waals surface area contributed by atoms with Crippen LogP contribution in [0.2, 0.25) is 13.3 Å². The van der Waals surface area contributed by atoms with E-state index >= 15 is 0 Å². The molecule has 0 saturated heterocycles. The van der Waals surface area contributed by atoms with E-state index in [0.717, 1.165) is 11.2 Å². The average molecular weight is 420 g/mol. The van der Waals surface area contributed by atoms with Crippen LogP contribution in [0.15, 0.2) is 0 Å². The predicted molar refractivity (Wildman–Crippen MR) is 103 cm³/mol. The van der Waals surface area contributed by atoms with Crippen LogP contribution in [0.4, 0.5) is 0 Å². The first-order valence-corrected chi connectivity index (χ1v) is 17.7. The molecule has 0 aromatic rings. The van der Waals surface area contributed by atoms with Crippen molar-refractivity contribution < 1.29 is 4.74 Å². The molecule has 0 aromatic carbocycles. The molecule has 1 unspecified atom stereocenters. The molecule has 0 saturated carbocycles. The minimum atomic E-state index is -2.11. The fourth-order valence-electron chi connectivity index (χ4n) is 2.90. The van der Waals surface area contributed by atoms with Crippen molar-refractivity contribution in [1.82, 2.24) is 0 Å². The average Bonchev–Trinajstić information content (AvgIpc) is 2.47. The van der Waals surface area contributed by atoms with Gasteiger partial charge >= 0.3 is 145 Å². The molecule has 0 aliphatic carbocycles. The van der Waals surface area contributed by atoms with Crippen LogP contribution in [-0.4, -0.2) is 35.6 Å². The fraction of sp³-hybridized carbons (Fsp3) is 1.00. The topological polar surface area (TPSA) is 35.2 Å². The van der Waals surface area contributed by atoms with E-state index in [1.165, 1.54) is 51.8 Å². The zero-order valence-electron chi connectivity index (χ0n) is 16.3. The Hall–Kier alpha value is 0.719. The van der Waals surface area contributed by atoms with Gasteiger partial charge in [-0.15, -0.1) is 0 Å². The molecule has 0 bridgehead atoms. The SMILES string of the molecule is CCC[CH2][Sn]([CH2]CCC)([CH2]CCC)[CH2]OCC(N)C(C)(C)C. The molecule has 3 heteroatoms. The van der Waals surface area contributed by atoms with Gasteiger partial charge in [-0.05, 0) is 0 Å². The zero-order chi connectivity index (χ0) is 17.1. The summed E-state index contributed by atoms with van der Waals surface area (Å²) >= 11 is -2.11. The van der Waals surface area contributed by atoms with Gasteiger partial charge in [0.1, 0.15) is 0 Å². The Labute approximate surface area is 144 Å². The van der Waals surface area contributed by atoms with E-state index in [1.807, 2.05) is 0 Å². The molecule has 0 heterocycles. The molecule has 22 heavy (non-hydrogen) atoms. The third-order valence-electron chi connectivity index (χ3n) is 5.00. The van der Waals surface area contributed by atoms with E-state index in [1.54, 1.807) is 0 Å². The Kier molecular flexibility index (Phi) is 12.5. The number of unbranched alkanes of at least 4 members (excludes halogenated alkanes) is 3. The Bertz CT molecular complexity index is 241. The van der Waals surface area contributed by atoms with E-state index in [4.69, 9.17) is 10.5 Å². The van der Waals surface area contributed by atoms with Crippen molar-refractivity contribution in [2.45, 2.75) is 99.4 Å². The van der Waals surface area contributed by atoms with Gasteiger partial charge in [-0.1, -0.05) is 0 Å². The molecular weight excluding hydrogens is 377 g/mol. The van der Waals surface area contributed by atoms with E-state index < -0.39 is 18.4 Å². The van der Waals surface area contributed by atoms with Gasteiger partial charge in [0.15, 0.2) is 0 Å². The Morgan fingerprint density at radius 2 is 1.27 bits per heavy atom. The van der Waals surface area contributed by atoms with E-state index in [2.05, 4.69) is 41.5 Å². The van der Waals surface area contributed by atoms with Crippen LogP contribution >= 0.6 is 0 Å². The second-order valence-corrected chi connectivity index (χ2v) is 22.0. The third kappa shape index (κ3) is 9.77. The molecule has 2 nitrogen and oxygen atoms in total. The summed E-state index contributed by atoms with van der Waals surface area (Å²) in [5.41, 5.74) is 6.43. The molecule has 0 aromatic heterocycles. The van der Waals surface area contributed by atoms with Gasteiger partial charge in [-0.2, -0.15) is 0 Å². The quantitative estimate of drug-likeness (QED) is 0.385. The van der Waals surface area contributed by atoms with Gasteiger partial charge in [-0.25, -0.2) is 0 Å². The molecule has 0 radical (unpaired) electrons. The first-order chi connectivity index (χ1) is 10.3. The third-order valence-corrected chi connectivity index (χ3v) is 19.4. The maximum absolute atomic E-state index is 6.28. The van der Waals surface area contributed by atoms with Gasteiger partial charge in [0, 0.05) is 0 Å². The molecule has 2 N–H and O–H groups in total. The zero-order valence-corrected chi connectivity index (χ0v) is 19.2. The summed E-state index contributed by atoms with van der Waals surface area (Å²) in [6.07, 6.45) is 8.24. The van der Waals surface area contributed by atoms with Crippen LogP contribution in [0.1, 0.15) is 80.1 Å². The van der Waals surface area contributed by atoms with Gasteiger partial charge in [0.2, 0.25) is 0 Å². The van der Waals surface area contributed by atoms with Crippen molar-refractivity contribution in [1.29, 1.82) is 0 Å². The maximum atomic E-state index is 6.28. The Morgan fingerprint density at radius 3 is 1.59 bits per heavy atom. The van der Waals surface area contributed by atoms with Crippen LogP contribution in [0, 0.1) is 5.41 Å². The second kappa shape index (κ2) is 12.1. The molecule has 0 aliphatic heterocycles. The van der Waals surface area contributed by atoms with Crippen LogP contribution < -0.4 is 5.73 Å². The monoisotopic (exact) mass is 421 g/mol. The summed E-state index contributed by atoms with van der Waals surface area (Å²) in [4.78, 5) is 0. The Morgan fingerprint density at radius 1 is 0.864 bits per heavy atom. The van der Waals surface area contributed by atoms with Crippen LogP contribution in [0.3, 0.4) is 0 Å². The number of hydrogen-bond acceptors (Lipinski definition) is 2. The summed E-state index contributed by atoms with van der Waals surface area (Å²) in [6.45, 7) is 14.4. The van der Waals surface area contributed by atoms with Crippen molar-refractivity contribution in [3.8, 4) is 0 Å². The standard InChI is InChI=1S/C7H16NO.3C4H9.Sn/c1-7(2,3)6(8)5-9-4;3*1-3-4-2;/h6H,4-5,8H2,1-3H3;3*1,3-4H2,2H3;. The first-order valence-electron chi connectivity index (χ1n) is 9.64. The van der Waals surface area contributed by atoms with Crippen molar-refractivity contribution in [2.24, 2.45) is 11.1 Å². The number of nitrogens with two attached hydrogens (primary N) is 1. The molecule has 0 rings (SSSR count). The molecule has 0 spiro atoms. The number of rotatable bonds is 13. The van der Waals surface area contributed by atoms with E-state index in [-0.39, 0.29) is 11.5 Å². The normalized spacial score (nSPS) is 14.3. The predicted octanol–water partition coefficient (Wildman–Crippen LogP) is 5.76.